The third-order valence-electron chi connectivity index (χ3n) is 1.84. The summed E-state index contributed by atoms with van der Waals surface area (Å²) in [6.45, 7) is 3.59. The Morgan fingerprint density at radius 3 is 2.85 bits per heavy atom. The average Bonchev–Trinajstić information content (AvgIpc) is 2.49. The molecule has 5 heteroatoms. The SMILES string of the molecule is CCc1nccn1C(C)C(=O)O.Cl. The topological polar surface area (TPSA) is 55.1 Å². The highest BCUT2D eigenvalue weighted by Gasteiger charge is 2.14. The number of aromatic nitrogens is 2. The van der Waals surface area contributed by atoms with Crippen LogP contribution in [0.2, 0.25) is 0 Å². The van der Waals surface area contributed by atoms with Gasteiger partial charge in [-0.1, -0.05) is 6.92 Å². The largest absolute Gasteiger partial charge is 0.480 e. The van der Waals surface area contributed by atoms with E-state index < -0.39 is 12.0 Å². The van der Waals surface area contributed by atoms with Crippen LogP contribution in [-0.2, 0) is 11.2 Å². The maximum atomic E-state index is 10.6. The molecule has 0 radical (unpaired) electrons. The Labute approximate surface area is 83.0 Å². The summed E-state index contributed by atoms with van der Waals surface area (Å²) in [6.07, 6.45) is 4.07. The Balaban J connectivity index is 0.00000144. The molecule has 1 unspecified atom stereocenters. The molecule has 1 heterocycles. The number of carboxylic acid groups (broad SMARTS) is 1. The second-order valence-corrected chi connectivity index (χ2v) is 2.62. The Morgan fingerprint density at radius 1 is 1.77 bits per heavy atom. The summed E-state index contributed by atoms with van der Waals surface area (Å²) in [7, 11) is 0. The lowest BCUT2D eigenvalue weighted by atomic mass is 10.3. The number of halogens is 1. The van der Waals surface area contributed by atoms with E-state index in [0.29, 0.717) is 0 Å². The molecule has 0 aromatic carbocycles. The summed E-state index contributed by atoms with van der Waals surface area (Å²) in [6, 6.07) is -0.526. The first-order valence-corrected chi connectivity index (χ1v) is 3.91. The lowest BCUT2D eigenvalue weighted by Crippen LogP contribution is -2.16. The van der Waals surface area contributed by atoms with Crippen molar-refractivity contribution in [3.63, 3.8) is 0 Å². The van der Waals surface area contributed by atoms with E-state index in [0.717, 1.165) is 12.2 Å². The van der Waals surface area contributed by atoms with E-state index in [9.17, 15) is 4.79 Å². The van der Waals surface area contributed by atoms with Crippen molar-refractivity contribution >= 4 is 18.4 Å². The van der Waals surface area contributed by atoms with Crippen molar-refractivity contribution in [2.24, 2.45) is 0 Å². The number of aliphatic carboxylic acids is 1. The van der Waals surface area contributed by atoms with Gasteiger partial charge in [0.2, 0.25) is 0 Å². The van der Waals surface area contributed by atoms with Crippen molar-refractivity contribution < 1.29 is 9.90 Å². The third kappa shape index (κ3) is 2.45. The van der Waals surface area contributed by atoms with E-state index in [1.165, 1.54) is 0 Å². The molecule has 1 aromatic heterocycles. The highest BCUT2D eigenvalue weighted by Crippen LogP contribution is 2.09. The molecule has 0 saturated heterocycles. The molecule has 0 aliphatic heterocycles. The molecule has 0 fully saturated rings. The van der Waals surface area contributed by atoms with E-state index in [1.54, 1.807) is 23.9 Å². The van der Waals surface area contributed by atoms with Gasteiger partial charge in [0.25, 0.3) is 0 Å². The van der Waals surface area contributed by atoms with Crippen molar-refractivity contribution in [3.05, 3.63) is 18.2 Å². The molecular formula is C8H13ClN2O2. The number of rotatable bonds is 3. The van der Waals surface area contributed by atoms with Crippen LogP contribution < -0.4 is 0 Å². The predicted octanol–water partition coefficient (Wildman–Crippen LogP) is 1.51. The fourth-order valence-corrected chi connectivity index (χ4v) is 1.09. The lowest BCUT2D eigenvalue weighted by Gasteiger charge is -2.10. The number of hydrogen-bond donors (Lipinski definition) is 1. The predicted molar refractivity (Wildman–Crippen MR) is 51.2 cm³/mol. The number of aryl methyl sites for hydroxylation is 1. The van der Waals surface area contributed by atoms with Crippen LogP contribution in [0.4, 0.5) is 0 Å². The number of nitrogens with zero attached hydrogens (tertiary/aromatic N) is 2. The zero-order valence-electron chi connectivity index (χ0n) is 7.60. The number of carboxylic acids is 1. The van der Waals surface area contributed by atoms with Gasteiger partial charge in [0, 0.05) is 18.8 Å². The Hall–Kier alpha value is -1.03. The monoisotopic (exact) mass is 204 g/mol. The Kier molecular flexibility index (Phi) is 4.48. The van der Waals surface area contributed by atoms with Crippen LogP contribution in [-0.4, -0.2) is 20.6 Å². The van der Waals surface area contributed by atoms with Crippen LogP contribution in [0, 0.1) is 0 Å². The van der Waals surface area contributed by atoms with Gasteiger partial charge in [0.1, 0.15) is 11.9 Å². The first-order valence-electron chi connectivity index (χ1n) is 3.91. The van der Waals surface area contributed by atoms with Gasteiger partial charge in [-0.15, -0.1) is 12.4 Å². The van der Waals surface area contributed by atoms with Crippen LogP contribution in [0.15, 0.2) is 12.4 Å². The quantitative estimate of drug-likeness (QED) is 0.812. The summed E-state index contributed by atoms with van der Waals surface area (Å²) in [5.41, 5.74) is 0. The molecule has 74 valence electrons. The minimum atomic E-state index is -0.831. The average molecular weight is 205 g/mol. The molecule has 0 saturated carbocycles. The second-order valence-electron chi connectivity index (χ2n) is 2.62. The maximum absolute atomic E-state index is 10.6. The van der Waals surface area contributed by atoms with Crippen molar-refractivity contribution in [3.8, 4) is 0 Å². The standard InChI is InChI=1S/C8H12N2O2.ClH/c1-3-7-9-4-5-10(7)6(2)8(11)12;/h4-6H,3H2,1-2H3,(H,11,12);1H. The first-order chi connectivity index (χ1) is 5.66. The van der Waals surface area contributed by atoms with E-state index in [-0.39, 0.29) is 12.4 Å². The van der Waals surface area contributed by atoms with Gasteiger partial charge in [-0.3, -0.25) is 0 Å². The van der Waals surface area contributed by atoms with Crippen molar-refractivity contribution in [1.29, 1.82) is 0 Å². The summed E-state index contributed by atoms with van der Waals surface area (Å²) < 4.78 is 1.67. The van der Waals surface area contributed by atoms with E-state index >= 15 is 0 Å². The molecule has 1 atom stereocenters. The molecule has 13 heavy (non-hydrogen) atoms. The molecular weight excluding hydrogens is 192 g/mol. The fraction of sp³-hybridized carbons (Fsp3) is 0.500. The fourth-order valence-electron chi connectivity index (χ4n) is 1.09. The summed E-state index contributed by atoms with van der Waals surface area (Å²) in [4.78, 5) is 14.7. The molecule has 0 amide bonds. The van der Waals surface area contributed by atoms with Gasteiger partial charge in [0.05, 0.1) is 0 Å². The minimum Gasteiger partial charge on any atom is -0.480 e. The van der Waals surface area contributed by atoms with Gasteiger partial charge in [-0.25, -0.2) is 9.78 Å². The molecule has 0 spiro atoms. The first kappa shape index (κ1) is 12.0. The zero-order valence-corrected chi connectivity index (χ0v) is 8.41. The molecule has 0 aliphatic carbocycles. The molecule has 0 bridgehead atoms. The van der Waals surface area contributed by atoms with Crippen molar-refractivity contribution in [2.75, 3.05) is 0 Å². The van der Waals surface area contributed by atoms with E-state index in [4.69, 9.17) is 5.11 Å². The summed E-state index contributed by atoms with van der Waals surface area (Å²) in [5, 5.41) is 8.73. The zero-order chi connectivity index (χ0) is 9.14. The van der Waals surface area contributed by atoms with Crippen LogP contribution in [0.1, 0.15) is 25.7 Å². The molecule has 1 aromatic rings. The highest BCUT2D eigenvalue weighted by atomic mass is 35.5. The van der Waals surface area contributed by atoms with Crippen LogP contribution in [0.3, 0.4) is 0 Å². The van der Waals surface area contributed by atoms with E-state index in [1.807, 2.05) is 6.92 Å². The third-order valence-corrected chi connectivity index (χ3v) is 1.84. The van der Waals surface area contributed by atoms with Crippen molar-refractivity contribution in [1.82, 2.24) is 9.55 Å². The van der Waals surface area contributed by atoms with Crippen molar-refractivity contribution in [2.45, 2.75) is 26.3 Å². The van der Waals surface area contributed by atoms with Gasteiger partial charge in [0.15, 0.2) is 0 Å². The molecule has 4 nitrogen and oxygen atoms in total. The molecule has 1 rings (SSSR count). The molecule has 1 N–H and O–H groups in total. The van der Waals surface area contributed by atoms with Crippen LogP contribution in [0.5, 0.6) is 0 Å². The Morgan fingerprint density at radius 2 is 2.38 bits per heavy atom. The molecule has 0 aliphatic rings. The van der Waals surface area contributed by atoms with Gasteiger partial charge >= 0.3 is 5.97 Å². The normalized spacial score (nSPS) is 11.8. The maximum Gasteiger partial charge on any atom is 0.326 e. The number of imidazole rings is 1. The van der Waals surface area contributed by atoms with Gasteiger partial charge < -0.3 is 9.67 Å². The minimum absolute atomic E-state index is 0. The Bertz CT molecular complexity index is 285. The van der Waals surface area contributed by atoms with Gasteiger partial charge in [-0.2, -0.15) is 0 Å². The number of carbonyl (C=O) groups is 1. The smallest absolute Gasteiger partial charge is 0.326 e. The lowest BCUT2D eigenvalue weighted by molar-refractivity contribution is -0.140. The summed E-state index contributed by atoms with van der Waals surface area (Å²) in [5.74, 6) is -0.0207. The van der Waals surface area contributed by atoms with Crippen LogP contribution in [0.25, 0.3) is 0 Å². The van der Waals surface area contributed by atoms with Gasteiger partial charge in [-0.05, 0) is 6.92 Å². The summed E-state index contributed by atoms with van der Waals surface area (Å²) >= 11 is 0. The number of hydrogen-bond acceptors (Lipinski definition) is 2. The second kappa shape index (κ2) is 4.87. The van der Waals surface area contributed by atoms with E-state index in [2.05, 4.69) is 4.98 Å². The van der Waals surface area contributed by atoms with Crippen LogP contribution >= 0.6 is 12.4 Å². The highest BCUT2D eigenvalue weighted by molar-refractivity contribution is 5.85.